The number of allylic oxidation sites excluding steroid dienone is 1. The average Bonchev–Trinajstić information content (AvgIpc) is 2.92. The SMILES string of the molecule is COC1C=C(OC2CC2)C=CC1N. The third kappa shape index (κ3) is 2.11. The number of methoxy groups -OCH3 is 1. The molecule has 2 atom stereocenters. The lowest BCUT2D eigenvalue weighted by atomic mass is 10.1. The summed E-state index contributed by atoms with van der Waals surface area (Å²) in [5.41, 5.74) is 5.79. The fourth-order valence-corrected chi connectivity index (χ4v) is 1.33. The van der Waals surface area contributed by atoms with E-state index in [1.54, 1.807) is 7.11 Å². The lowest BCUT2D eigenvalue weighted by Crippen LogP contribution is -2.34. The summed E-state index contributed by atoms with van der Waals surface area (Å²) in [6.07, 6.45) is 8.54. The molecule has 2 unspecified atom stereocenters. The summed E-state index contributed by atoms with van der Waals surface area (Å²) in [6.45, 7) is 0. The quantitative estimate of drug-likeness (QED) is 0.705. The van der Waals surface area contributed by atoms with E-state index in [1.807, 2.05) is 18.2 Å². The van der Waals surface area contributed by atoms with Gasteiger partial charge in [-0.25, -0.2) is 0 Å². The molecule has 0 radical (unpaired) electrons. The van der Waals surface area contributed by atoms with Crippen molar-refractivity contribution in [2.24, 2.45) is 5.73 Å². The maximum absolute atomic E-state index is 5.79. The Labute approximate surface area is 78.2 Å². The monoisotopic (exact) mass is 181 g/mol. The molecule has 72 valence electrons. The van der Waals surface area contributed by atoms with Crippen LogP contribution in [0.25, 0.3) is 0 Å². The van der Waals surface area contributed by atoms with Crippen molar-refractivity contribution in [2.75, 3.05) is 7.11 Å². The number of nitrogens with two attached hydrogens (primary N) is 1. The molecule has 0 heterocycles. The average molecular weight is 181 g/mol. The summed E-state index contributed by atoms with van der Waals surface area (Å²) >= 11 is 0. The van der Waals surface area contributed by atoms with E-state index in [2.05, 4.69) is 0 Å². The highest BCUT2D eigenvalue weighted by atomic mass is 16.5. The predicted molar refractivity (Wildman–Crippen MR) is 50.1 cm³/mol. The molecule has 0 aromatic rings. The van der Waals surface area contributed by atoms with Crippen LogP contribution < -0.4 is 5.73 Å². The first-order valence-corrected chi connectivity index (χ1v) is 4.64. The summed E-state index contributed by atoms with van der Waals surface area (Å²) in [6, 6.07) is -0.0449. The van der Waals surface area contributed by atoms with E-state index in [9.17, 15) is 0 Å². The third-order valence-electron chi connectivity index (χ3n) is 2.29. The molecule has 2 aliphatic carbocycles. The van der Waals surface area contributed by atoms with Gasteiger partial charge in [-0.05, 0) is 25.0 Å². The maximum Gasteiger partial charge on any atom is 0.118 e. The zero-order chi connectivity index (χ0) is 9.26. The Morgan fingerprint density at radius 3 is 2.85 bits per heavy atom. The first-order chi connectivity index (χ1) is 6.29. The minimum absolute atomic E-state index is 0.0428. The van der Waals surface area contributed by atoms with Gasteiger partial charge in [0, 0.05) is 7.11 Å². The van der Waals surface area contributed by atoms with E-state index in [1.165, 1.54) is 12.8 Å². The molecule has 3 nitrogen and oxygen atoms in total. The van der Waals surface area contributed by atoms with Gasteiger partial charge in [0.05, 0.1) is 18.2 Å². The molecule has 0 aromatic heterocycles. The van der Waals surface area contributed by atoms with Gasteiger partial charge in [0.15, 0.2) is 0 Å². The normalized spacial score (nSPS) is 32.9. The smallest absolute Gasteiger partial charge is 0.118 e. The molecule has 0 bridgehead atoms. The highest BCUT2D eigenvalue weighted by Crippen LogP contribution is 2.28. The van der Waals surface area contributed by atoms with Gasteiger partial charge in [-0.15, -0.1) is 0 Å². The van der Waals surface area contributed by atoms with Crippen LogP contribution in [0.3, 0.4) is 0 Å². The van der Waals surface area contributed by atoms with Gasteiger partial charge in [-0.2, -0.15) is 0 Å². The van der Waals surface area contributed by atoms with E-state index < -0.39 is 0 Å². The molecule has 2 rings (SSSR count). The van der Waals surface area contributed by atoms with Gasteiger partial charge in [0.25, 0.3) is 0 Å². The molecular weight excluding hydrogens is 166 g/mol. The number of hydrogen-bond acceptors (Lipinski definition) is 3. The second-order valence-corrected chi connectivity index (χ2v) is 3.52. The first-order valence-electron chi connectivity index (χ1n) is 4.64. The number of rotatable bonds is 3. The maximum atomic E-state index is 5.79. The molecule has 3 heteroatoms. The molecule has 2 N–H and O–H groups in total. The molecule has 0 saturated heterocycles. The summed E-state index contributed by atoms with van der Waals surface area (Å²) < 4.78 is 10.8. The van der Waals surface area contributed by atoms with Crippen LogP contribution in [0.5, 0.6) is 0 Å². The van der Waals surface area contributed by atoms with Crippen LogP contribution in [0.15, 0.2) is 24.0 Å². The Morgan fingerprint density at radius 1 is 1.46 bits per heavy atom. The van der Waals surface area contributed by atoms with Crippen molar-refractivity contribution >= 4 is 0 Å². The molecule has 1 saturated carbocycles. The molecule has 0 amide bonds. The molecule has 1 fully saturated rings. The van der Waals surface area contributed by atoms with Crippen LogP contribution >= 0.6 is 0 Å². The largest absolute Gasteiger partial charge is 0.491 e. The van der Waals surface area contributed by atoms with E-state index in [-0.39, 0.29) is 12.1 Å². The van der Waals surface area contributed by atoms with Crippen LogP contribution in [0.4, 0.5) is 0 Å². The second-order valence-electron chi connectivity index (χ2n) is 3.52. The molecule has 0 spiro atoms. The van der Waals surface area contributed by atoms with Crippen molar-refractivity contribution in [1.29, 1.82) is 0 Å². The fourth-order valence-electron chi connectivity index (χ4n) is 1.33. The summed E-state index contributed by atoms with van der Waals surface area (Å²) in [7, 11) is 1.66. The van der Waals surface area contributed by atoms with Gasteiger partial charge < -0.3 is 15.2 Å². The molecule has 0 aromatic carbocycles. The van der Waals surface area contributed by atoms with Gasteiger partial charge >= 0.3 is 0 Å². The van der Waals surface area contributed by atoms with Gasteiger partial charge in [-0.3, -0.25) is 0 Å². The molecule has 13 heavy (non-hydrogen) atoms. The van der Waals surface area contributed by atoms with Crippen LogP contribution in [0.1, 0.15) is 12.8 Å². The van der Waals surface area contributed by atoms with Crippen molar-refractivity contribution in [1.82, 2.24) is 0 Å². The van der Waals surface area contributed by atoms with Crippen molar-refractivity contribution in [3.8, 4) is 0 Å². The highest BCUT2D eigenvalue weighted by molar-refractivity contribution is 5.24. The van der Waals surface area contributed by atoms with Crippen LogP contribution in [0, 0.1) is 0 Å². The van der Waals surface area contributed by atoms with Crippen molar-refractivity contribution in [3.63, 3.8) is 0 Å². The van der Waals surface area contributed by atoms with Crippen LogP contribution in [-0.2, 0) is 9.47 Å². The number of ether oxygens (including phenoxy) is 2. The Kier molecular flexibility index (Phi) is 2.38. The van der Waals surface area contributed by atoms with Gasteiger partial charge in [0.2, 0.25) is 0 Å². The zero-order valence-corrected chi connectivity index (χ0v) is 7.77. The van der Waals surface area contributed by atoms with Crippen LogP contribution in [-0.4, -0.2) is 25.4 Å². The van der Waals surface area contributed by atoms with E-state index >= 15 is 0 Å². The Hall–Kier alpha value is -0.800. The molecule has 0 aliphatic heterocycles. The minimum Gasteiger partial charge on any atom is -0.491 e. The third-order valence-corrected chi connectivity index (χ3v) is 2.29. The molecular formula is C10H15NO2. The van der Waals surface area contributed by atoms with Crippen molar-refractivity contribution in [2.45, 2.75) is 31.1 Å². The lowest BCUT2D eigenvalue weighted by Gasteiger charge is -2.21. The minimum atomic E-state index is -0.0449. The first kappa shape index (κ1) is 8.78. The van der Waals surface area contributed by atoms with E-state index in [0.29, 0.717) is 6.10 Å². The summed E-state index contributed by atoms with van der Waals surface area (Å²) in [4.78, 5) is 0. The highest BCUT2D eigenvalue weighted by Gasteiger charge is 2.25. The summed E-state index contributed by atoms with van der Waals surface area (Å²) in [5, 5.41) is 0. The van der Waals surface area contributed by atoms with Crippen molar-refractivity contribution in [3.05, 3.63) is 24.0 Å². The lowest BCUT2D eigenvalue weighted by molar-refractivity contribution is 0.119. The topological polar surface area (TPSA) is 44.5 Å². The standard InChI is InChI=1S/C10H15NO2/c1-12-10-6-8(4-5-9(10)11)13-7-2-3-7/h4-7,9-10H,2-3,11H2,1H3. The van der Waals surface area contributed by atoms with E-state index in [0.717, 1.165) is 5.76 Å². The van der Waals surface area contributed by atoms with Crippen molar-refractivity contribution < 1.29 is 9.47 Å². The summed E-state index contributed by atoms with van der Waals surface area (Å²) in [5.74, 6) is 0.899. The predicted octanol–water partition coefficient (Wildman–Crippen LogP) is 0.961. The van der Waals surface area contributed by atoms with Crippen LogP contribution in [0.2, 0.25) is 0 Å². The Balaban J connectivity index is 1.98. The fraction of sp³-hybridized carbons (Fsp3) is 0.600. The second kappa shape index (κ2) is 3.52. The molecule has 2 aliphatic rings. The Morgan fingerprint density at radius 2 is 2.23 bits per heavy atom. The van der Waals surface area contributed by atoms with Gasteiger partial charge in [-0.1, -0.05) is 6.08 Å². The Bertz CT molecular complexity index is 243. The van der Waals surface area contributed by atoms with Gasteiger partial charge in [0.1, 0.15) is 5.76 Å². The van der Waals surface area contributed by atoms with E-state index in [4.69, 9.17) is 15.2 Å². The zero-order valence-electron chi connectivity index (χ0n) is 7.77. The number of hydrogen-bond donors (Lipinski definition) is 1.